The first-order chi connectivity index (χ1) is 9.53. The molecule has 0 amide bonds. The van der Waals surface area contributed by atoms with Gasteiger partial charge >= 0.3 is 0 Å². The zero-order chi connectivity index (χ0) is 14.6. The summed E-state index contributed by atoms with van der Waals surface area (Å²) in [6.07, 6.45) is 3.49. The second-order valence-electron chi connectivity index (χ2n) is 4.07. The highest BCUT2D eigenvalue weighted by atomic mass is 79.9. The number of sulfonamides is 1. The maximum atomic E-state index is 12.4. The van der Waals surface area contributed by atoms with Crippen molar-refractivity contribution >= 4 is 26.0 Å². The summed E-state index contributed by atoms with van der Waals surface area (Å²) in [7, 11) is -3.63. The van der Waals surface area contributed by atoms with Crippen LogP contribution in [-0.2, 0) is 16.6 Å². The number of hydrogen-bond donors (Lipinski definition) is 2. The molecule has 0 aliphatic rings. The van der Waals surface area contributed by atoms with E-state index in [1.54, 1.807) is 24.5 Å². The average Bonchev–Trinajstić information content (AvgIpc) is 2.92. The summed E-state index contributed by atoms with van der Waals surface area (Å²) in [5, 5.41) is 0. The summed E-state index contributed by atoms with van der Waals surface area (Å²) in [5.74, 6) is 0.345. The Balaban J connectivity index is 2.26. The molecule has 0 aliphatic carbocycles. The van der Waals surface area contributed by atoms with E-state index in [2.05, 4.69) is 25.6 Å². The molecule has 5 nitrogen and oxygen atoms in total. The van der Waals surface area contributed by atoms with Gasteiger partial charge in [-0.1, -0.05) is 15.9 Å². The minimum atomic E-state index is -3.63. The van der Waals surface area contributed by atoms with Crippen LogP contribution in [0.15, 0.2) is 46.0 Å². The first kappa shape index (κ1) is 15.1. The van der Waals surface area contributed by atoms with Crippen molar-refractivity contribution in [2.24, 2.45) is 0 Å². The van der Waals surface area contributed by atoms with Crippen molar-refractivity contribution in [1.82, 2.24) is 9.71 Å². The van der Waals surface area contributed by atoms with Crippen LogP contribution in [0.1, 0.15) is 12.5 Å². The van der Waals surface area contributed by atoms with Crippen molar-refractivity contribution in [3.05, 3.63) is 46.7 Å². The van der Waals surface area contributed by atoms with E-state index in [1.165, 1.54) is 6.07 Å². The van der Waals surface area contributed by atoms with Gasteiger partial charge in [-0.2, -0.15) is 0 Å². The number of aromatic nitrogens is 1. The van der Waals surface area contributed by atoms with Crippen molar-refractivity contribution in [2.75, 3.05) is 6.61 Å². The summed E-state index contributed by atoms with van der Waals surface area (Å²) >= 11 is 3.28. The first-order valence-corrected chi connectivity index (χ1v) is 8.34. The molecule has 0 radical (unpaired) electrons. The quantitative estimate of drug-likeness (QED) is 0.833. The van der Waals surface area contributed by atoms with Crippen LogP contribution in [0.25, 0.3) is 0 Å². The number of hydrogen-bond acceptors (Lipinski definition) is 3. The Morgan fingerprint density at radius 1 is 1.35 bits per heavy atom. The van der Waals surface area contributed by atoms with Crippen molar-refractivity contribution in [1.29, 1.82) is 0 Å². The standard InChI is InChI=1S/C13H15BrN2O3S/c1-2-19-12-4-3-11(14)7-13(12)20(17,18)16-9-10-5-6-15-8-10/h3-8,15-16H,2,9H2,1H3. The Morgan fingerprint density at radius 3 is 2.80 bits per heavy atom. The minimum Gasteiger partial charge on any atom is -0.492 e. The second-order valence-corrected chi connectivity index (χ2v) is 6.72. The van der Waals surface area contributed by atoms with E-state index in [0.717, 1.165) is 5.56 Å². The van der Waals surface area contributed by atoms with Gasteiger partial charge in [-0.15, -0.1) is 0 Å². The third-order valence-electron chi connectivity index (χ3n) is 2.62. The lowest BCUT2D eigenvalue weighted by Crippen LogP contribution is -2.23. The number of ether oxygens (including phenoxy) is 1. The Hall–Kier alpha value is -1.31. The van der Waals surface area contributed by atoms with Gasteiger partial charge in [0.25, 0.3) is 0 Å². The van der Waals surface area contributed by atoms with E-state index in [-0.39, 0.29) is 11.4 Å². The van der Waals surface area contributed by atoms with Gasteiger partial charge in [0.2, 0.25) is 10.0 Å². The predicted molar refractivity (Wildman–Crippen MR) is 80.1 cm³/mol. The molecule has 0 saturated carbocycles. The second kappa shape index (κ2) is 6.43. The van der Waals surface area contributed by atoms with E-state index in [0.29, 0.717) is 16.8 Å². The lowest BCUT2D eigenvalue weighted by molar-refractivity contribution is 0.331. The molecule has 0 atom stereocenters. The lowest BCUT2D eigenvalue weighted by Gasteiger charge is -2.12. The molecule has 7 heteroatoms. The number of aromatic amines is 1. The monoisotopic (exact) mass is 358 g/mol. The number of rotatable bonds is 6. The summed E-state index contributed by atoms with van der Waals surface area (Å²) in [6, 6.07) is 6.73. The molecule has 0 unspecified atom stereocenters. The van der Waals surface area contributed by atoms with Gasteiger partial charge in [0.05, 0.1) is 6.61 Å². The molecule has 108 valence electrons. The van der Waals surface area contributed by atoms with Gasteiger partial charge in [0.15, 0.2) is 0 Å². The normalized spacial score (nSPS) is 11.5. The lowest BCUT2D eigenvalue weighted by atomic mass is 10.3. The van der Waals surface area contributed by atoms with Crippen LogP contribution in [-0.4, -0.2) is 20.0 Å². The fourth-order valence-corrected chi connectivity index (χ4v) is 3.39. The molecule has 0 spiro atoms. The number of benzene rings is 1. The first-order valence-electron chi connectivity index (χ1n) is 6.06. The average molecular weight is 359 g/mol. The van der Waals surface area contributed by atoms with Crippen LogP contribution in [0.2, 0.25) is 0 Å². The van der Waals surface area contributed by atoms with Crippen molar-refractivity contribution in [3.8, 4) is 5.75 Å². The third kappa shape index (κ3) is 3.62. The summed E-state index contributed by atoms with van der Waals surface area (Å²) in [4.78, 5) is 3.01. The highest BCUT2D eigenvalue weighted by molar-refractivity contribution is 9.10. The Kier molecular flexibility index (Phi) is 4.85. The molecule has 0 fully saturated rings. The van der Waals surface area contributed by atoms with Crippen molar-refractivity contribution < 1.29 is 13.2 Å². The molecule has 1 aromatic heterocycles. The van der Waals surface area contributed by atoms with E-state index in [4.69, 9.17) is 4.74 Å². The van der Waals surface area contributed by atoms with Crippen molar-refractivity contribution in [2.45, 2.75) is 18.4 Å². The van der Waals surface area contributed by atoms with Crippen LogP contribution in [0.4, 0.5) is 0 Å². The molecule has 20 heavy (non-hydrogen) atoms. The van der Waals surface area contributed by atoms with E-state index < -0.39 is 10.0 Å². The highest BCUT2D eigenvalue weighted by Gasteiger charge is 2.20. The molecule has 1 aromatic carbocycles. The minimum absolute atomic E-state index is 0.129. The molecular weight excluding hydrogens is 344 g/mol. The molecule has 0 aliphatic heterocycles. The summed E-state index contributed by atoms with van der Waals surface area (Å²) < 4.78 is 33.3. The van der Waals surface area contributed by atoms with E-state index in [1.807, 2.05) is 13.0 Å². The number of H-pyrrole nitrogens is 1. The van der Waals surface area contributed by atoms with Gasteiger partial charge in [-0.25, -0.2) is 13.1 Å². The molecule has 2 rings (SSSR count). The largest absolute Gasteiger partial charge is 0.492 e. The molecule has 0 saturated heterocycles. The van der Waals surface area contributed by atoms with Crippen LogP contribution >= 0.6 is 15.9 Å². The van der Waals surface area contributed by atoms with Crippen molar-refractivity contribution in [3.63, 3.8) is 0 Å². The number of nitrogens with one attached hydrogen (secondary N) is 2. The Morgan fingerprint density at radius 2 is 2.15 bits per heavy atom. The zero-order valence-electron chi connectivity index (χ0n) is 10.9. The molecule has 0 bridgehead atoms. The van der Waals surface area contributed by atoms with Crippen LogP contribution in [0.5, 0.6) is 5.75 Å². The third-order valence-corrected chi connectivity index (χ3v) is 4.54. The fraction of sp³-hybridized carbons (Fsp3) is 0.231. The van der Waals surface area contributed by atoms with Crippen LogP contribution < -0.4 is 9.46 Å². The smallest absolute Gasteiger partial charge is 0.244 e. The van der Waals surface area contributed by atoms with Gasteiger partial charge in [-0.3, -0.25) is 0 Å². The zero-order valence-corrected chi connectivity index (χ0v) is 13.3. The number of halogens is 1. The van der Waals surface area contributed by atoms with Crippen LogP contribution in [0, 0.1) is 0 Å². The highest BCUT2D eigenvalue weighted by Crippen LogP contribution is 2.27. The maximum Gasteiger partial charge on any atom is 0.244 e. The summed E-state index contributed by atoms with van der Waals surface area (Å²) in [6.45, 7) is 2.44. The molecule has 2 aromatic rings. The van der Waals surface area contributed by atoms with E-state index >= 15 is 0 Å². The topological polar surface area (TPSA) is 71.2 Å². The van der Waals surface area contributed by atoms with Crippen LogP contribution in [0.3, 0.4) is 0 Å². The molecular formula is C13H15BrN2O3S. The molecule has 1 heterocycles. The van der Waals surface area contributed by atoms with Gasteiger partial charge in [0.1, 0.15) is 10.6 Å². The predicted octanol–water partition coefficient (Wildman–Crippen LogP) is 2.65. The van der Waals surface area contributed by atoms with Gasteiger partial charge < -0.3 is 9.72 Å². The SMILES string of the molecule is CCOc1ccc(Br)cc1S(=O)(=O)NCc1cc[nH]c1. The Bertz CT molecular complexity index is 669. The summed E-state index contributed by atoms with van der Waals surface area (Å²) in [5.41, 5.74) is 0.863. The van der Waals surface area contributed by atoms with Gasteiger partial charge in [-0.05, 0) is 36.8 Å². The fourth-order valence-electron chi connectivity index (χ4n) is 1.69. The molecule has 2 N–H and O–H groups in total. The Labute approximate surface area is 126 Å². The van der Waals surface area contributed by atoms with E-state index in [9.17, 15) is 8.42 Å². The maximum absolute atomic E-state index is 12.4. The van der Waals surface area contributed by atoms with Gasteiger partial charge in [0, 0.05) is 23.4 Å².